The van der Waals surface area contributed by atoms with E-state index in [-0.39, 0.29) is 5.69 Å². The van der Waals surface area contributed by atoms with Crippen molar-refractivity contribution in [3.05, 3.63) is 17.8 Å². The monoisotopic (exact) mass is 235 g/mol. The number of carboxylic acid groups (broad SMARTS) is 1. The van der Waals surface area contributed by atoms with E-state index < -0.39 is 5.97 Å². The van der Waals surface area contributed by atoms with Crippen LogP contribution in [0.15, 0.2) is 12.1 Å². The molecule has 1 heterocycles. The first-order chi connectivity index (χ1) is 8.15. The summed E-state index contributed by atoms with van der Waals surface area (Å²) in [6.07, 6.45) is 4.82. The van der Waals surface area contributed by atoms with Crippen LogP contribution in [0.25, 0.3) is 0 Å². The van der Waals surface area contributed by atoms with Crippen molar-refractivity contribution in [1.29, 1.82) is 0 Å². The van der Waals surface area contributed by atoms with Crippen molar-refractivity contribution in [1.82, 2.24) is 10.2 Å². The molecule has 5 heteroatoms. The van der Waals surface area contributed by atoms with Gasteiger partial charge in [0.05, 0.1) is 0 Å². The number of anilines is 1. The first kappa shape index (κ1) is 11.8. The summed E-state index contributed by atoms with van der Waals surface area (Å²) in [4.78, 5) is 10.6. The highest BCUT2D eigenvalue weighted by Gasteiger charge is 2.19. The second kappa shape index (κ2) is 5.12. The van der Waals surface area contributed by atoms with Gasteiger partial charge in [-0.15, -0.1) is 10.2 Å². The molecule has 5 nitrogen and oxygen atoms in total. The first-order valence-electron chi connectivity index (χ1n) is 5.98. The van der Waals surface area contributed by atoms with E-state index in [1.807, 2.05) is 0 Å². The van der Waals surface area contributed by atoms with Crippen molar-refractivity contribution in [2.24, 2.45) is 5.92 Å². The maximum Gasteiger partial charge on any atom is 0.356 e. The summed E-state index contributed by atoms with van der Waals surface area (Å²) in [6, 6.07) is 3.59. The van der Waals surface area contributed by atoms with Gasteiger partial charge in [0.15, 0.2) is 5.69 Å². The quantitative estimate of drug-likeness (QED) is 0.839. The number of nitrogens with one attached hydrogen (secondary N) is 1. The van der Waals surface area contributed by atoms with Crippen LogP contribution in [0.2, 0.25) is 0 Å². The van der Waals surface area contributed by atoms with E-state index >= 15 is 0 Å². The lowest BCUT2D eigenvalue weighted by molar-refractivity contribution is 0.0689. The van der Waals surface area contributed by atoms with Crippen LogP contribution in [0.3, 0.4) is 0 Å². The molecule has 2 rings (SSSR count). The van der Waals surface area contributed by atoms with Gasteiger partial charge in [0.2, 0.25) is 0 Å². The highest BCUT2D eigenvalue weighted by atomic mass is 16.4. The van der Waals surface area contributed by atoms with E-state index in [9.17, 15) is 4.79 Å². The molecular weight excluding hydrogens is 218 g/mol. The van der Waals surface area contributed by atoms with Crippen molar-refractivity contribution >= 4 is 11.8 Å². The van der Waals surface area contributed by atoms with Gasteiger partial charge in [-0.1, -0.05) is 19.8 Å². The molecular formula is C12H17N3O2. The van der Waals surface area contributed by atoms with Crippen molar-refractivity contribution in [2.75, 3.05) is 5.32 Å². The Kier molecular flexibility index (Phi) is 3.56. The molecule has 2 unspecified atom stereocenters. The normalized spacial score (nSPS) is 24.3. The number of hydrogen-bond donors (Lipinski definition) is 2. The molecule has 1 aliphatic rings. The second-order valence-electron chi connectivity index (χ2n) is 4.72. The molecule has 17 heavy (non-hydrogen) atoms. The van der Waals surface area contributed by atoms with Gasteiger partial charge < -0.3 is 10.4 Å². The van der Waals surface area contributed by atoms with Crippen LogP contribution in [0.5, 0.6) is 0 Å². The lowest BCUT2D eigenvalue weighted by atomic mass is 9.87. The number of carbonyl (C=O) groups is 1. The summed E-state index contributed by atoms with van der Waals surface area (Å²) in [5, 5.41) is 19.5. The van der Waals surface area contributed by atoms with Crippen LogP contribution < -0.4 is 5.32 Å². The average Bonchev–Trinajstić information content (AvgIpc) is 2.29. The highest BCUT2D eigenvalue weighted by molar-refractivity contribution is 5.85. The smallest absolute Gasteiger partial charge is 0.356 e. The van der Waals surface area contributed by atoms with Crippen molar-refractivity contribution < 1.29 is 9.90 Å². The zero-order chi connectivity index (χ0) is 12.3. The minimum atomic E-state index is -1.05. The lowest BCUT2D eigenvalue weighted by Gasteiger charge is -2.27. The average molecular weight is 235 g/mol. The minimum Gasteiger partial charge on any atom is -0.476 e. The fourth-order valence-corrected chi connectivity index (χ4v) is 2.30. The van der Waals surface area contributed by atoms with Gasteiger partial charge in [0.25, 0.3) is 0 Å². The molecule has 0 spiro atoms. The number of aromatic carboxylic acids is 1. The lowest BCUT2D eigenvalue weighted by Crippen LogP contribution is -2.26. The second-order valence-corrected chi connectivity index (χ2v) is 4.72. The maximum atomic E-state index is 10.6. The predicted molar refractivity (Wildman–Crippen MR) is 64.0 cm³/mol. The van der Waals surface area contributed by atoms with Crippen molar-refractivity contribution in [3.8, 4) is 0 Å². The van der Waals surface area contributed by atoms with Crippen molar-refractivity contribution in [3.63, 3.8) is 0 Å². The Hall–Kier alpha value is -1.65. The Morgan fingerprint density at radius 2 is 2.24 bits per heavy atom. The van der Waals surface area contributed by atoms with Gasteiger partial charge in [0.1, 0.15) is 5.82 Å². The minimum absolute atomic E-state index is 0.0208. The number of nitrogens with zero attached hydrogens (tertiary/aromatic N) is 2. The summed E-state index contributed by atoms with van der Waals surface area (Å²) >= 11 is 0. The van der Waals surface area contributed by atoms with Crippen LogP contribution in [0, 0.1) is 5.92 Å². The topological polar surface area (TPSA) is 75.1 Å². The predicted octanol–water partition coefficient (Wildman–Crippen LogP) is 2.17. The molecule has 2 atom stereocenters. The number of aromatic nitrogens is 2. The Morgan fingerprint density at radius 3 is 2.82 bits per heavy atom. The summed E-state index contributed by atoms with van der Waals surface area (Å²) in [6.45, 7) is 2.26. The molecule has 0 saturated heterocycles. The van der Waals surface area contributed by atoms with Crippen LogP contribution in [0.4, 0.5) is 5.82 Å². The van der Waals surface area contributed by atoms with Crippen LogP contribution >= 0.6 is 0 Å². The van der Waals surface area contributed by atoms with Gasteiger partial charge in [-0.3, -0.25) is 0 Å². The molecule has 0 radical (unpaired) electrons. The standard InChI is InChI=1S/C12H17N3O2/c1-8-3-2-4-9(7-8)13-11-6-5-10(12(16)17)14-15-11/h5-6,8-9H,2-4,7H2,1H3,(H,13,15)(H,16,17). The largest absolute Gasteiger partial charge is 0.476 e. The van der Waals surface area contributed by atoms with Gasteiger partial charge in [-0.2, -0.15) is 0 Å². The van der Waals surface area contributed by atoms with Gasteiger partial charge in [-0.05, 0) is 30.9 Å². The van der Waals surface area contributed by atoms with Gasteiger partial charge in [-0.25, -0.2) is 4.79 Å². The Labute approximate surface area is 100 Å². The van der Waals surface area contributed by atoms with E-state index in [1.165, 1.54) is 18.9 Å². The number of rotatable bonds is 3. The molecule has 1 fully saturated rings. The molecule has 0 amide bonds. The van der Waals surface area contributed by atoms with Crippen LogP contribution in [0.1, 0.15) is 43.1 Å². The molecule has 1 saturated carbocycles. The Bertz CT molecular complexity index is 391. The van der Waals surface area contributed by atoms with E-state index in [1.54, 1.807) is 6.07 Å². The first-order valence-corrected chi connectivity index (χ1v) is 5.98. The third-order valence-electron chi connectivity index (χ3n) is 3.17. The highest BCUT2D eigenvalue weighted by Crippen LogP contribution is 2.25. The molecule has 0 aliphatic heterocycles. The zero-order valence-corrected chi connectivity index (χ0v) is 9.89. The van der Waals surface area contributed by atoms with Gasteiger partial charge in [0, 0.05) is 6.04 Å². The fraction of sp³-hybridized carbons (Fsp3) is 0.583. The van der Waals surface area contributed by atoms with E-state index in [4.69, 9.17) is 5.11 Å². The van der Waals surface area contributed by atoms with Crippen LogP contribution in [-0.4, -0.2) is 27.3 Å². The maximum absolute atomic E-state index is 10.6. The molecule has 0 aromatic carbocycles. The summed E-state index contributed by atoms with van der Waals surface area (Å²) in [5.41, 5.74) is -0.0208. The van der Waals surface area contributed by atoms with Gasteiger partial charge >= 0.3 is 5.97 Å². The molecule has 1 aromatic heterocycles. The molecule has 2 N–H and O–H groups in total. The SMILES string of the molecule is CC1CCCC(Nc2ccc(C(=O)O)nn2)C1. The van der Waals surface area contributed by atoms with Crippen molar-refractivity contribution in [2.45, 2.75) is 38.6 Å². The molecule has 1 aliphatic carbocycles. The summed E-state index contributed by atoms with van der Waals surface area (Å²) in [7, 11) is 0. The Balaban J connectivity index is 1.96. The molecule has 1 aromatic rings. The summed E-state index contributed by atoms with van der Waals surface area (Å²) < 4.78 is 0. The van der Waals surface area contributed by atoms with E-state index in [0.717, 1.165) is 18.8 Å². The Morgan fingerprint density at radius 1 is 1.41 bits per heavy atom. The number of carboxylic acids is 1. The zero-order valence-electron chi connectivity index (χ0n) is 9.89. The number of hydrogen-bond acceptors (Lipinski definition) is 4. The summed E-state index contributed by atoms with van der Waals surface area (Å²) in [5.74, 6) is 0.358. The molecule has 92 valence electrons. The third kappa shape index (κ3) is 3.15. The van der Waals surface area contributed by atoms with E-state index in [2.05, 4.69) is 22.4 Å². The van der Waals surface area contributed by atoms with Crippen LogP contribution in [-0.2, 0) is 0 Å². The molecule has 0 bridgehead atoms. The fourth-order valence-electron chi connectivity index (χ4n) is 2.30. The third-order valence-corrected chi connectivity index (χ3v) is 3.17. The van der Waals surface area contributed by atoms with E-state index in [0.29, 0.717) is 11.9 Å².